The monoisotopic (exact) mass is 457 g/mol. The van der Waals surface area contributed by atoms with Crippen molar-refractivity contribution in [2.24, 2.45) is 0 Å². The van der Waals surface area contributed by atoms with E-state index >= 15 is 0 Å². The van der Waals surface area contributed by atoms with Crippen molar-refractivity contribution in [1.82, 2.24) is 15.4 Å². The first kappa shape index (κ1) is 22.6. The molecule has 0 spiro atoms. The van der Waals surface area contributed by atoms with Crippen LogP contribution in [0.25, 0.3) is 0 Å². The molecule has 1 fully saturated rings. The van der Waals surface area contributed by atoms with Crippen molar-refractivity contribution in [3.05, 3.63) is 54.1 Å². The van der Waals surface area contributed by atoms with Gasteiger partial charge in [0.15, 0.2) is 0 Å². The summed E-state index contributed by atoms with van der Waals surface area (Å²) in [6, 6.07) is 8.21. The fraction of sp³-hybridized carbons (Fsp3) is 0.263. The van der Waals surface area contributed by atoms with Crippen molar-refractivity contribution in [3.8, 4) is 11.5 Å². The Morgan fingerprint density at radius 2 is 1.55 bits per heavy atom. The first-order valence-electron chi connectivity index (χ1n) is 9.11. The highest BCUT2D eigenvalue weighted by Crippen LogP contribution is 2.31. The van der Waals surface area contributed by atoms with Gasteiger partial charge in [-0.2, -0.15) is 13.2 Å². The summed E-state index contributed by atoms with van der Waals surface area (Å²) in [7, 11) is -3.81. The Labute approximate surface area is 175 Å². The Balaban J connectivity index is 1.52. The van der Waals surface area contributed by atoms with E-state index in [9.17, 15) is 31.2 Å². The van der Waals surface area contributed by atoms with Crippen LogP contribution in [0.4, 0.5) is 18.0 Å². The maximum Gasteiger partial charge on any atom is 0.416 e. The molecule has 0 bridgehead atoms. The molecule has 3 rings (SSSR count). The molecule has 8 nitrogen and oxygen atoms in total. The van der Waals surface area contributed by atoms with Crippen LogP contribution in [0.15, 0.2) is 53.4 Å². The van der Waals surface area contributed by atoms with E-state index in [0.717, 1.165) is 12.1 Å². The van der Waals surface area contributed by atoms with Crippen molar-refractivity contribution in [1.29, 1.82) is 0 Å². The van der Waals surface area contributed by atoms with E-state index in [-0.39, 0.29) is 29.4 Å². The van der Waals surface area contributed by atoms with Crippen molar-refractivity contribution in [2.45, 2.75) is 30.0 Å². The fourth-order valence-corrected chi connectivity index (χ4v) is 3.87. The molecule has 12 heteroatoms. The highest BCUT2D eigenvalue weighted by atomic mass is 32.2. The number of hydrogen-bond donors (Lipinski definition) is 3. The third-order valence-corrected chi connectivity index (χ3v) is 5.85. The molecule has 1 saturated heterocycles. The summed E-state index contributed by atoms with van der Waals surface area (Å²) in [5.41, 5.74) is -0.802. The standard InChI is InChI=1S/C19H18F3N3O5S/c20-19(21,22)12-3-5-13(6-4-12)30-14-7-9-15(10-8-14)31(28,29)23-11-1-2-16-17(26)25-18(27)24-16/h3-10,16,23H,1-2,11H2,(H2,24,25,26,27). The molecule has 3 amide bonds. The van der Waals surface area contributed by atoms with Crippen LogP contribution in [0.1, 0.15) is 18.4 Å². The number of carbonyl (C=O) groups is 2. The maximum atomic E-state index is 12.6. The molecule has 1 aliphatic rings. The molecule has 0 radical (unpaired) electrons. The van der Waals surface area contributed by atoms with Crippen molar-refractivity contribution in [3.63, 3.8) is 0 Å². The molecular weight excluding hydrogens is 439 g/mol. The van der Waals surface area contributed by atoms with Crippen LogP contribution in [-0.2, 0) is 21.0 Å². The Morgan fingerprint density at radius 1 is 0.968 bits per heavy atom. The van der Waals surface area contributed by atoms with E-state index in [1.165, 1.54) is 36.4 Å². The zero-order chi connectivity index (χ0) is 22.6. The second-order valence-corrected chi connectivity index (χ2v) is 8.42. The number of imide groups is 1. The summed E-state index contributed by atoms with van der Waals surface area (Å²) in [5.74, 6) is -0.0250. The van der Waals surface area contributed by atoms with Gasteiger partial charge >= 0.3 is 12.2 Å². The number of hydrogen-bond acceptors (Lipinski definition) is 5. The molecule has 1 heterocycles. The quantitative estimate of drug-likeness (QED) is 0.417. The van der Waals surface area contributed by atoms with E-state index in [1.54, 1.807) is 0 Å². The largest absolute Gasteiger partial charge is 0.457 e. The lowest BCUT2D eigenvalue weighted by molar-refractivity contribution is -0.137. The summed E-state index contributed by atoms with van der Waals surface area (Å²) in [6.07, 6.45) is -3.84. The lowest BCUT2D eigenvalue weighted by atomic mass is 10.1. The van der Waals surface area contributed by atoms with Crippen LogP contribution >= 0.6 is 0 Å². The van der Waals surface area contributed by atoms with Crippen LogP contribution in [0.2, 0.25) is 0 Å². The minimum atomic E-state index is -4.45. The number of benzene rings is 2. The summed E-state index contributed by atoms with van der Waals surface area (Å²) >= 11 is 0. The lowest BCUT2D eigenvalue weighted by Crippen LogP contribution is -2.31. The normalized spacial score (nSPS) is 16.7. The number of sulfonamides is 1. The zero-order valence-electron chi connectivity index (χ0n) is 15.9. The molecule has 1 unspecified atom stereocenters. The number of carbonyl (C=O) groups excluding carboxylic acids is 2. The van der Waals surface area contributed by atoms with E-state index in [2.05, 4.69) is 15.4 Å². The Bertz CT molecular complexity index is 1050. The SMILES string of the molecule is O=C1NC(=O)C(CCCNS(=O)(=O)c2ccc(Oc3ccc(C(F)(F)F)cc3)cc2)N1. The molecule has 3 N–H and O–H groups in total. The second-order valence-electron chi connectivity index (χ2n) is 6.65. The van der Waals surface area contributed by atoms with Gasteiger partial charge in [-0.15, -0.1) is 0 Å². The van der Waals surface area contributed by atoms with Crippen molar-refractivity contribution in [2.75, 3.05) is 6.54 Å². The van der Waals surface area contributed by atoms with Gasteiger partial charge in [0, 0.05) is 6.54 Å². The van der Waals surface area contributed by atoms with Gasteiger partial charge in [-0.25, -0.2) is 17.9 Å². The van der Waals surface area contributed by atoms with Gasteiger partial charge in [0.25, 0.3) is 5.91 Å². The van der Waals surface area contributed by atoms with Gasteiger partial charge in [0.1, 0.15) is 17.5 Å². The molecule has 31 heavy (non-hydrogen) atoms. The molecule has 0 saturated carbocycles. The van der Waals surface area contributed by atoms with Crippen LogP contribution < -0.4 is 20.1 Å². The van der Waals surface area contributed by atoms with Crippen LogP contribution in [0, 0.1) is 0 Å². The number of amides is 3. The van der Waals surface area contributed by atoms with E-state index < -0.39 is 39.7 Å². The van der Waals surface area contributed by atoms with Gasteiger partial charge in [0.2, 0.25) is 10.0 Å². The Kier molecular flexibility index (Phi) is 6.51. The average molecular weight is 457 g/mol. The first-order valence-corrected chi connectivity index (χ1v) is 10.6. The van der Waals surface area contributed by atoms with Crippen molar-refractivity contribution < 1.29 is 35.9 Å². The van der Waals surface area contributed by atoms with E-state index in [4.69, 9.17) is 4.74 Å². The number of urea groups is 1. The van der Waals surface area contributed by atoms with Gasteiger partial charge in [-0.1, -0.05) is 0 Å². The predicted octanol–water partition coefficient (Wildman–Crippen LogP) is 2.76. The zero-order valence-corrected chi connectivity index (χ0v) is 16.7. The summed E-state index contributed by atoms with van der Waals surface area (Å²) in [6.45, 7) is 0.0613. The summed E-state index contributed by atoms with van der Waals surface area (Å²) in [5, 5.41) is 4.52. The minimum absolute atomic E-state index is 0.0285. The molecule has 1 atom stereocenters. The number of alkyl halides is 3. The molecule has 2 aromatic carbocycles. The molecule has 0 aliphatic carbocycles. The minimum Gasteiger partial charge on any atom is -0.457 e. The number of ether oxygens (including phenoxy) is 1. The molecule has 1 aliphatic heterocycles. The number of halogens is 3. The Morgan fingerprint density at radius 3 is 2.06 bits per heavy atom. The summed E-state index contributed by atoms with van der Waals surface area (Å²) < 4.78 is 70.3. The van der Waals surface area contributed by atoms with Crippen LogP contribution in [0.3, 0.4) is 0 Å². The van der Waals surface area contributed by atoms with Crippen LogP contribution in [0.5, 0.6) is 11.5 Å². The predicted molar refractivity (Wildman–Crippen MR) is 103 cm³/mol. The Hall–Kier alpha value is -3.12. The second kappa shape index (κ2) is 8.94. The van der Waals surface area contributed by atoms with E-state index in [1.807, 2.05) is 0 Å². The van der Waals surface area contributed by atoms with Gasteiger partial charge < -0.3 is 10.1 Å². The highest BCUT2D eigenvalue weighted by Gasteiger charge is 2.30. The van der Waals surface area contributed by atoms with E-state index in [0.29, 0.717) is 6.42 Å². The average Bonchev–Trinajstić information content (AvgIpc) is 3.02. The fourth-order valence-electron chi connectivity index (χ4n) is 2.79. The van der Waals surface area contributed by atoms with Gasteiger partial charge in [-0.05, 0) is 61.4 Å². The molecule has 0 aromatic heterocycles. The highest BCUT2D eigenvalue weighted by molar-refractivity contribution is 7.89. The third kappa shape index (κ3) is 5.95. The maximum absolute atomic E-state index is 12.6. The van der Waals surface area contributed by atoms with Crippen molar-refractivity contribution >= 4 is 22.0 Å². The lowest BCUT2D eigenvalue weighted by Gasteiger charge is -2.11. The molecule has 2 aromatic rings. The number of rotatable bonds is 8. The number of nitrogens with one attached hydrogen (secondary N) is 3. The van der Waals surface area contributed by atoms with Crippen LogP contribution in [-0.4, -0.2) is 32.9 Å². The topological polar surface area (TPSA) is 114 Å². The first-order chi connectivity index (χ1) is 14.5. The van der Waals surface area contributed by atoms with Gasteiger partial charge in [0.05, 0.1) is 10.5 Å². The smallest absolute Gasteiger partial charge is 0.416 e. The van der Waals surface area contributed by atoms with Gasteiger partial charge in [-0.3, -0.25) is 10.1 Å². The third-order valence-electron chi connectivity index (χ3n) is 4.37. The molecular formula is C19H18F3N3O5S. The summed E-state index contributed by atoms with van der Waals surface area (Å²) in [4.78, 5) is 22.4. The molecule has 166 valence electrons.